The number of methoxy groups -OCH3 is 1. The number of aromatic nitrogens is 1. The molecule has 0 aliphatic rings. The van der Waals surface area contributed by atoms with Crippen molar-refractivity contribution in [3.8, 4) is 16.9 Å². The van der Waals surface area contributed by atoms with Gasteiger partial charge in [-0.2, -0.15) is 0 Å². The third kappa shape index (κ3) is 3.30. The molecule has 3 rings (SSSR count). The molecule has 0 aliphatic heterocycles. The summed E-state index contributed by atoms with van der Waals surface area (Å²) in [7, 11) is 7.57. The number of carbonyl (C=O) groups excluding carboxylic acids is 1. The van der Waals surface area contributed by atoms with Crippen LogP contribution in [0.15, 0.2) is 48.5 Å². The molecule has 3 aromatic rings. The highest BCUT2D eigenvalue weighted by Crippen LogP contribution is 2.36. The van der Waals surface area contributed by atoms with Gasteiger partial charge in [-0.1, -0.05) is 30.3 Å². The van der Waals surface area contributed by atoms with Gasteiger partial charge in [-0.25, -0.2) is 0 Å². The molecule has 136 valence electrons. The minimum absolute atomic E-state index is 0.0761. The fourth-order valence-electron chi connectivity index (χ4n) is 3.28. The van der Waals surface area contributed by atoms with E-state index < -0.39 is 0 Å². The van der Waals surface area contributed by atoms with Gasteiger partial charge in [0.1, 0.15) is 11.4 Å². The highest BCUT2D eigenvalue weighted by Gasteiger charge is 2.24. The molecular formula is C21H26N3O2+. The Bertz CT molecular complexity index is 914. The van der Waals surface area contributed by atoms with Crippen LogP contribution in [0.5, 0.6) is 5.75 Å². The summed E-state index contributed by atoms with van der Waals surface area (Å²) in [5, 5.41) is 3.84. The molecule has 0 bridgehead atoms. The van der Waals surface area contributed by atoms with Crippen molar-refractivity contribution >= 4 is 16.8 Å². The maximum absolute atomic E-state index is 12.8. The molecule has 0 unspecified atom stereocenters. The first-order chi connectivity index (χ1) is 12.6. The standard InChI is InChI=1S/C21H25N3O2/c1-22-21(25)20-19(15-8-6-5-7-9-15)17-14-16(26-4)10-11-18(17)24(20)13-12-23(2)3/h5-11,14H,12-13H2,1-4H3,(H,22,25)/p+1. The average molecular weight is 352 g/mol. The first-order valence-corrected chi connectivity index (χ1v) is 8.83. The van der Waals surface area contributed by atoms with Gasteiger partial charge in [0, 0.05) is 23.5 Å². The van der Waals surface area contributed by atoms with Crippen LogP contribution < -0.4 is 15.0 Å². The zero-order chi connectivity index (χ0) is 18.7. The predicted molar refractivity (Wildman–Crippen MR) is 105 cm³/mol. The molecule has 5 nitrogen and oxygen atoms in total. The summed E-state index contributed by atoms with van der Waals surface area (Å²) in [5.41, 5.74) is 3.72. The van der Waals surface area contributed by atoms with Crippen molar-refractivity contribution in [3.05, 3.63) is 54.2 Å². The molecule has 0 spiro atoms. The summed E-state index contributed by atoms with van der Waals surface area (Å²) >= 11 is 0. The van der Waals surface area contributed by atoms with E-state index in [1.54, 1.807) is 14.2 Å². The van der Waals surface area contributed by atoms with Crippen LogP contribution in [0.1, 0.15) is 10.5 Å². The minimum Gasteiger partial charge on any atom is -0.497 e. The van der Waals surface area contributed by atoms with Crippen molar-refractivity contribution in [2.45, 2.75) is 6.54 Å². The number of hydrogen-bond donors (Lipinski definition) is 2. The van der Waals surface area contributed by atoms with Gasteiger partial charge in [0.15, 0.2) is 0 Å². The Morgan fingerprint density at radius 3 is 2.50 bits per heavy atom. The number of ether oxygens (including phenoxy) is 1. The van der Waals surface area contributed by atoms with Crippen molar-refractivity contribution in [2.24, 2.45) is 0 Å². The van der Waals surface area contributed by atoms with Gasteiger partial charge in [-0.15, -0.1) is 0 Å². The summed E-state index contributed by atoms with van der Waals surface area (Å²) in [6.07, 6.45) is 0. The molecule has 1 heterocycles. The largest absolute Gasteiger partial charge is 0.497 e. The summed E-state index contributed by atoms with van der Waals surface area (Å²) in [6, 6.07) is 16.1. The summed E-state index contributed by atoms with van der Waals surface area (Å²) in [6.45, 7) is 1.69. The number of fused-ring (bicyclic) bond motifs is 1. The van der Waals surface area contributed by atoms with Gasteiger partial charge >= 0.3 is 0 Å². The second-order valence-corrected chi connectivity index (χ2v) is 6.66. The molecule has 2 N–H and O–H groups in total. The van der Waals surface area contributed by atoms with Gasteiger partial charge in [0.2, 0.25) is 0 Å². The number of nitrogens with zero attached hydrogens (tertiary/aromatic N) is 1. The number of likely N-dealkylation sites (N-methyl/N-ethyl adjacent to an activating group) is 1. The summed E-state index contributed by atoms with van der Waals surface area (Å²) in [5.74, 6) is 0.710. The predicted octanol–water partition coefficient (Wildman–Crippen LogP) is 1.82. The molecule has 0 saturated heterocycles. The normalized spacial score (nSPS) is 11.1. The van der Waals surface area contributed by atoms with E-state index in [1.807, 2.05) is 48.5 Å². The minimum atomic E-state index is -0.0761. The second-order valence-electron chi connectivity index (χ2n) is 6.66. The van der Waals surface area contributed by atoms with Gasteiger partial charge < -0.3 is 19.5 Å². The topological polar surface area (TPSA) is 47.7 Å². The molecular weight excluding hydrogens is 326 g/mol. The molecule has 2 aromatic carbocycles. The van der Waals surface area contributed by atoms with Gasteiger partial charge in [0.05, 0.1) is 34.3 Å². The van der Waals surface area contributed by atoms with Gasteiger partial charge in [-0.3, -0.25) is 4.79 Å². The van der Waals surface area contributed by atoms with Crippen LogP contribution in [-0.2, 0) is 6.54 Å². The van der Waals surface area contributed by atoms with Crippen LogP contribution in [-0.4, -0.2) is 45.3 Å². The number of nitrogens with one attached hydrogen (secondary N) is 2. The number of quaternary nitrogens is 1. The van der Waals surface area contributed by atoms with E-state index in [-0.39, 0.29) is 5.91 Å². The van der Waals surface area contributed by atoms with E-state index in [0.717, 1.165) is 40.9 Å². The van der Waals surface area contributed by atoms with Crippen molar-refractivity contribution in [2.75, 3.05) is 34.8 Å². The van der Waals surface area contributed by atoms with Crippen LogP contribution in [0.25, 0.3) is 22.0 Å². The fraction of sp³-hybridized carbons (Fsp3) is 0.286. The number of amides is 1. The highest BCUT2D eigenvalue weighted by molar-refractivity contribution is 6.10. The number of carbonyl (C=O) groups is 1. The lowest BCUT2D eigenvalue weighted by molar-refractivity contribution is -0.858. The zero-order valence-corrected chi connectivity index (χ0v) is 15.8. The first kappa shape index (κ1) is 18.0. The third-order valence-electron chi connectivity index (χ3n) is 4.61. The van der Waals surface area contributed by atoms with Gasteiger partial charge in [-0.05, 0) is 23.8 Å². The van der Waals surface area contributed by atoms with Crippen molar-refractivity contribution < 1.29 is 14.4 Å². The van der Waals surface area contributed by atoms with E-state index in [0.29, 0.717) is 5.69 Å². The van der Waals surface area contributed by atoms with Crippen molar-refractivity contribution in [1.82, 2.24) is 9.88 Å². The molecule has 1 aromatic heterocycles. The Morgan fingerprint density at radius 1 is 1.15 bits per heavy atom. The Kier molecular flexibility index (Phi) is 5.28. The van der Waals surface area contributed by atoms with Crippen LogP contribution in [0, 0.1) is 0 Å². The molecule has 5 heteroatoms. The Balaban J connectivity index is 2.34. The van der Waals surface area contributed by atoms with Gasteiger partial charge in [0.25, 0.3) is 5.91 Å². The van der Waals surface area contributed by atoms with Crippen LogP contribution in [0.4, 0.5) is 0 Å². The third-order valence-corrected chi connectivity index (χ3v) is 4.61. The molecule has 0 atom stereocenters. The molecule has 1 amide bonds. The Labute approximate surface area is 154 Å². The van der Waals surface area contributed by atoms with E-state index in [1.165, 1.54) is 4.90 Å². The maximum Gasteiger partial charge on any atom is 0.268 e. The van der Waals surface area contributed by atoms with Crippen LogP contribution in [0.3, 0.4) is 0 Å². The molecule has 0 fully saturated rings. The van der Waals surface area contributed by atoms with E-state index in [9.17, 15) is 4.79 Å². The van der Waals surface area contributed by atoms with Crippen molar-refractivity contribution in [1.29, 1.82) is 0 Å². The lowest BCUT2D eigenvalue weighted by Crippen LogP contribution is -3.06. The first-order valence-electron chi connectivity index (χ1n) is 8.83. The average Bonchev–Trinajstić information content (AvgIpc) is 2.99. The monoisotopic (exact) mass is 352 g/mol. The van der Waals surface area contributed by atoms with E-state index >= 15 is 0 Å². The SMILES string of the molecule is CNC(=O)c1c(-c2ccccc2)c2cc(OC)ccc2n1CC[NH+](C)C. The Morgan fingerprint density at radius 2 is 1.88 bits per heavy atom. The number of benzene rings is 2. The van der Waals surface area contributed by atoms with Crippen LogP contribution in [0.2, 0.25) is 0 Å². The number of rotatable bonds is 6. The quantitative estimate of drug-likeness (QED) is 0.711. The number of hydrogen-bond acceptors (Lipinski definition) is 2. The summed E-state index contributed by atoms with van der Waals surface area (Å²) < 4.78 is 7.56. The second kappa shape index (κ2) is 7.62. The smallest absolute Gasteiger partial charge is 0.268 e. The fourth-order valence-corrected chi connectivity index (χ4v) is 3.28. The molecule has 0 saturated carbocycles. The van der Waals surface area contributed by atoms with E-state index in [2.05, 4.69) is 24.0 Å². The molecule has 0 aliphatic carbocycles. The van der Waals surface area contributed by atoms with Crippen molar-refractivity contribution in [3.63, 3.8) is 0 Å². The highest BCUT2D eigenvalue weighted by atomic mass is 16.5. The Hall–Kier alpha value is -2.79. The lowest BCUT2D eigenvalue weighted by atomic mass is 10.0. The maximum atomic E-state index is 12.8. The summed E-state index contributed by atoms with van der Waals surface area (Å²) in [4.78, 5) is 14.2. The van der Waals surface area contributed by atoms with E-state index in [4.69, 9.17) is 4.74 Å². The lowest BCUT2D eigenvalue weighted by Gasteiger charge is -2.13. The molecule has 0 radical (unpaired) electrons. The zero-order valence-electron chi connectivity index (χ0n) is 15.8. The van der Waals surface area contributed by atoms with Crippen LogP contribution >= 0.6 is 0 Å². The molecule has 26 heavy (non-hydrogen) atoms.